The Labute approximate surface area is 130 Å². The Morgan fingerprint density at radius 2 is 1.91 bits per heavy atom. The summed E-state index contributed by atoms with van der Waals surface area (Å²) in [5.74, 6) is -1.16. The Balaban J connectivity index is 2.66. The Morgan fingerprint density at radius 3 is 2.41 bits per heavy atom. The van der Waals surface area contributed by atoms with Crippen LogP contribution < -0.4 is 5.32 Å². The molecule has 7 heteroatoms. The van der Waals surface area contributed by atoms with Crippen molar-refractivity contribution >= 4 is 21.7 Å². The lowest BCUT2D eigenvalue weighted by molar-refractivity contribution is -0.128. The van der Waals surface area contributed by atoms with Crippen molar-refractivity contribution in [3.05, 3.63) is 48.0 Å². The molecule has 1 aromatic carbocycles. The summed E-state index contributed by atoms with van der Waals surface area (Å²) in [6.07, 6.45) is 1.73. The highest BCUT2D eigenvalue weighted by atomic mass is 32.2. The van der Waals surface area contributed by atoms with Crippen molar-refractivity contribution < 1.29 is 22.7 Å². The molecule has 0 aliphatic carbocycles. The molecular weight excluding hydrogens is 306 g/mol. The first-order valence-corrected chi connectivity index (χ1v) is 8.65. The van der Waals surface area contributed by atoms with Crippen LogP contribution in [0.4, 0.5) is 0 Å². The second kappa shape index (κ2) is 7.74. The zero-order valence-corrected chi connectivity index (χ0v) is 13.4. The van der Waals surface area contributed by atoms with E-state index in [0.29, 0.717) is 12.1 Å². The predicted molar refractivity (Wildman–Crippen MR) is 83.1 cm³/mol. The number of hydrogen-bond donors (Lipinski definition) is 1. The fourth-order valence-corrected chi connectivity index (χ4v) is 2.44. The van der Waals surface area contributed by atoms with Crippen LogP contribution in [0.1, 0.15) is 22.8 Å². The fraction of sp³-hybridized carbons (Fsp3) is 0.333. The molecule has 1 N–H and O–H groups in total. The van der Waals surface area contributed by atoms with E-state index >= 15 is 0 Å². The van der Waals surface area contributed by atoms with E-state index in [1.54, 1.807) is 12.1 Å². The third kappa shape index (κ3) is 6.09. The maximum Gasteiger partial charge on any atom is 0.338 e. The summed E-state index contributed by atoms with van der Waals surface area (Å²) >= 11 is 0. The smallest absolute Gasteiger partial charge is 0.338 e. The third-order valence-electron chi connectivity index (χ3n) is 2.69. The minimum absolute atomic E-state index is 0.0946. The first kappa shape index (κ1) is 17.9. The van der Waals surface area contributed by atoms with Gasteiger partial charge in [-0.05, 0) is 24.6 Å². The second-order valence-corrected chi connectivity index (χ2v) is 6.99. The standard InChI is InChI=1S/C15H19NO5S/c1-4-9-16-14(17)11(2)21-15(18)13-7-5-12(6-8-13)10-22(3,19)20/h4-8,11H,1,9-10H2,2-3H3,(H,16,17)/t11-/m1/s1. The van der Waals surface area contributed by atoms with Crippen LogP contribution in [0.2, 0.25) is 0 Å². The van der Waals surface area contributed by atoms with E-state index in [9.17, 15) is 18.0 Å². The molecule has 0 unspecified atom stereocenters. The van der Waals surface area contributed by atoms with Gasteiger partial charge in [-0.2, -0.15) is 0 Å². The zero-order valence-electron chi connectivity index (χ0n) is 12.5. The SMILES string of the molecule is C=CCNC(=O)[C@@H](C)OC(=O)c1ccc(CS(C)(=O)=O)cc1. The van der Waals surface area contributed by atoms with Crippen LogP contribution in [-0.2, 0) is 25.1 Å². The summed E-state index contributed by atoms with van der Waals surface area (Å²) < 4.78 is 27.4. The van der Waals surface area contributed by atoms with Gasteiger partial charge < -0.3 is 10.1 Å². The van der Waals surface area contributed by atoms with E-state index in [-0.39, 0.29) is 11.3 Å². The molecule has 6 nitrogen and oxygen atoms in total. The maximum absolute atomic E-state index is 11.9. The van der Waals surface area contributed by atoms with Crippen LogP contribution in [0.15, 0.2) is 36.9 Å². The number of carbonyl (C=O) groups is 2. The molecule has 0 saturated heterocycles. The fourth-order valence-electron chi connectivity index (χ4n) is 1.64. The van der Waals surface area contributed by atoms with Gasteiger partial charge >= 0.3 is 5.97 Å². The molecule has 120 valence electrons. The van der Waals surface area contributed by atoms with Gasteiger partial charge in [-0.25, -0.2) is 13.2 Å². The van der Waals surface area contributed by atoms with E-state index in [1.807, 2.05) is 0 Å². The van der Waals surface area contributed by atoms with Crippen LogP contribution in [0.5, 0.6) is 0 Å². The summed E-state index contributed by atoms with van der Waals surface area (Å²) in [6, 6.07) is 6.02. The quantitative estimate of drug-likeness (QED) is 0.598. The highest BCUT2D eigenvalue weighted by molar-refractivity contribution is 7.89. The van der Waals surface area contributed by atoms with Crippen molar-refractivity contribution in [1.29, 1.82) is 0 Å². The van der Waals surface area contributed by atoms with Gasteiger partial charge in [-0.1, -0.05) is 18.2 Å². The summed E-state index contributed by atoms with van der Waals surface area (Å²) in [6.45, 7) is 5.23. The summed E-state index contributed by atoms with van der Waals surface area (Å²) in [5.41, 5.74) is 0.830. The van der Waals surface area contributed by atoms with Gasteiger partial charge in [-0.3, -0.25) is 4.79 Å². The molecule has 0 aliphatic rings. The number of benzene rings is 1. The van der Waals surface area contributed by atoms with E-state index in [1.165, 1.54) is 25.1 Å². The van der Waals surface area contributed by atoms with Gasteiger partial charge in [0, 0.05) is 12.8 Å². The number of nitrogens with one attached hydrogen (secondary N) is 1. The Morgan fingerprint density at radius 1 is 1.32 bits per heavy atom. The third-order valence-corrected chi connectivity index (χ3v) is 3.55. The van der Waals surface area contributed by atoms with Crippen molar-refractivity contribution in [2.75, 3.05) is 12.8 Å². The first-order valence-electron chi connectivity index (χ1n) is 6.59. The minimum atomic E-state index is -3.13. The number of rotatable bonds is 7. The first-order chi connectivity index (χ1) is 10.2. The number of esters is 1. The summed E-state index contributed by atoms with van der Waals surface area (Å²) in [7, 11) is -3.13. The normalized spacial score (nSPS) is 12.3. The number of carbonyl (C=O) groups excluding carboxylic acids is 2. The molecule has 1 rings (SSSR count). The molecule has 22 heavy (non-hydrogen) atoms. The Hall–Kier alpha value is -2.15. The predicted octanol–water partition coefficient (Wildman–Crippen LogP) is 1.08. The van der Waals surface area contributed by atoms with Crippen molar-refractivity contribution in [2.24, 2.45) is 0 Å². The van der Waals surface area contributed by atoms with E-state index < -0.39 is 27.8 Å². The molecular formula is C15H19NO5S. The molecule has 0 aliphatic heterocycles. The Bertz CT molecular complexity index is 649. The van der Waals surface area contributed by atoms with Crippen LogP contribution >= 0.6 is 0 Å². The summed E-state index contributed by atoms with van der Waals surface area (Å²) in [5, 5.41) is 2.52. The molecule has 1 atom stereocenters. The molecule has 0 fully saturated rings. The van der Waals surface area contributed by atoms with Gasteiger partial charge in [-0.15, -0.1) is 6.58 Å². The molecule has 0 heterocycles. The molecule has 0 bridgehead atoms. The van der Waals surface area contributed by atoms with Crippen LogP contribution in [0.25, 0.3) is 0 Å². The van der Waals surface area contributed by atoms with Crippen LogP contribution in [-0.4, -0.2) is 39.2 Å². The van der Waals surface area contributed by atoms with Gasteiger partial charge in [0.1, 0.15) is 0 Å². The number of sulfone groups is 1. The number of amides is 1. The van der Waals surface area contributed by atoms with Crippen molar-refractivity contribution in [3.63, 3.8) is 0 Å². The average molecular weight is 325 g/mol. The Kier molecular flexibility index (Phi) is 6.30. The monoisotopic (exact) mass is 325 g/mol. The van der Waals surface area contributed by atoms with Gasteiger partial charge in [0.2, 0.25) is 0 Å². The van der Waals surface area contributed by atoms with Crippen LogP contribution in [0, 0.1) is 0 Å². The molecule has 0 saturated carbocycles. The second-order valence-electron chi connectivity index (χ2n) is 4.85. The molecule has 0 spiro atoms. The molecule has 0 radical (unpaired) electrons. The van der Waals surface area contributed by atoms with Crippen molar-refractivity contribution in [1.82, 2.24) is 5.32 Å². The topological polar surface area (TPSA) is 89.5 Å². The van der Waals surface area contributed by atoms with Crippen LogP contribution in [0.3, 0.4) is 0 Å². The molecule has 1 aromatic rings. The average Bonchev–Trinajstić information content (AvgIpc) is 2.43. The number of hydrogen-bond acceptors (Lipinski definition) is 5. The number of ether oxygens (including phenoxy) is 1. The van der Waals surface area contributed by atoms with Crippen molar-refractivity contribution in [3.8, 4) is 0 Å². The zero-order chi connectivity index (χ0) is 16.8. The lowest BCUT2D eigenvalue weighted by atomic mass is 10.1. The lowest BCUT2D eigenvalue weighted by Crippen LogP contribution is -2.35. The molecule has 1 amide bonds. The van der Waals surface area contributed by atoms with E-state index in [2.05, 4.69) is 11.9 Å². The van der Waals surface area contributed by atoms with E-state index in [0.717, 1.165) is 6.26 Å². The van der Waals surface area contributed by atoms with Crippen molar-refractivity contribution in [2.45, 2.75) is 18.8 Å². The minimum Gasteiger partial charge on any atom is -0.449 e. The highest BCUT2D eigenvalue weighted by Crippen LogP contribution is 2.10. The maximum atomic E-state index is 11.9. The highest BCUT2D eigenvalue weighted by Gasteiger charge is 2.18. The van der Waals surface area contributed by atoms with Gasteiger partial charge in [0.05, 0.1) is 11.3 Å². The largest absolute Gasteiger partial charge is 0.449 e. The summed E-state index contributed by atoms with van der Waals surface area (Å²) in [4.78, 5) is 23.5. The van der Waals surface area contributed by atoms with E-state index in [4.69, 9.17) is 4.74 Å². The molecule has 0 aromatic heterocycles. The van der Waals surface area contributed by atoms with Gasteiger partial charge in [0.25, 0.3) is 5.91 Å². The lowest BCUT2D eigenvalue weighted by Gasteiger charge is -2.12. The van der Waals surface area contributed by atoms with Gasteiger partial charge in [0.15, 0.2) is 15.9 Å².